The van der Waals surface area contributed by atoms with E-state index in [2.05, 4.69) is 17.2 Å². The van der Waals surface area contributed by atoms with Crippen LogP contribution in [0.2, 0.25) is 0 Å². The van der Waals surface area contributed by atoms with Crippen molar-refractivity contribution in [2.75, 3.05) is 18.5 Å². The molecule has 1 N–H and O–H groups in total. The number of aryl methyl sites for hydroxylation is 1. The molecule has 0 bridgehead atoms. The van der Waals surface area contributed by atoms with E-state index in [1.54, 1.807) is 29.5 Å². The van der Waals surface area contributed by atoms with Gasteiger partial charge in [-0.15, -0.1) is 11.3 Å². The molecule has 1 aromatic heterocycles. The zero-order valence-corrected chi connectivity index (χ0v) is 14.0. The van der Waals surface area contributed by atoms with E-state index >= 15 is 0 Å². The van der Waals surface area contributed by atoms with Gasteiger partial charge in [0.2, 0.25) is 0 Å². The summed E-state index contributed by atoms with van der Waals surface area (Å²) in [6.45, 7) is 3.12. The zero-order valence-electron chi connectivity index (χ0n) is 13.2. The molecule has 24 heavy (non-hydrogen) atoms. The molecular weight excluding hydrogens is 324 g/mol. The standard InChI is InChI=1S/C18H16N2O3S/c1-2-17-20-13-5-4-12(10-16(13)24-17)19-18(21)11-3-6-14-15(9-11)23-8-7-22-14/h3-6,9-10H,2,7-8H2,1H3,(H,19,21). The third-order valence-electron chi connectivity index (χ3n) is 3.80. The first kappa shape index (κ1) is 15.0. The first-order valence-corrected chi connectivity index (χ1v) is 8.65. The number of ether oxygens (including phenoxy) is 2. The largest absolute Gasteiger partial charge is 0.486 e. The molecule has 5 nitrogen and oxygen atoms in total. The summed E-state index contributed by atoms with van der Waals surface area (Å²) in [6, 6.07) is 11.0. The summed E-state index contributed by atoms with van der Waals surface area (Å²) in [7, 11) is 0. The first-order valence-electron chi connectivity index (χ1n) is 7.83. The molecule has 0 radical (unpaired) electrons. The van der Waals surface area contributed by atoms with Gasteiger partial charge in [-0.25, -0.2) is 4.98 Å². The van der Waals surface area contributed by atoms with Crippen molar-refractivity contribution in [2.24, 2.45) is 0 Å². The highest BCUT2D eigenvalue weighted by atomic mass is 32.1. The van der Waals surface area contributed by atoms with Gasteiger partial charge in [-0.3, -0.25) is 4.79 Å². The van der Waals surface area contributed by atoms with Gasteiger partial charge in [-0.05, 0) is 42.8 Å². The molecule has 122 valence electrons. The number of benzene rings is 2. The number of anilines is 1. The number of nitrogens with zero attached hydrogens (tertiary/aromatic N) is 1. The van der Waals surface area contributed by atoms with Crippen LogP contribution in [0.1, 0.15) is 22.3 Å². The van der Waals surface area contributed by atoms with Gasteiger partial charge in [-0.1, -0.05) is 6.92 Å². The summed E-state index contributed by atoms with van der Waals surface area (Å²) in [6.07, 6.45) is 0.915. The first-order chi connectivity index (χ1) is 11.7. The number of hydrogen-bond donors (Lipinski definition) is 1. The lowest BCUT2D eigenvalue weighted by atomic mass is 10.1. The maximum absolute atomic E-state index is 12.5. The highest BCUT2D eigenvalue weighted by Gasteiger charge is 2.15. The van der Waals surface area contributed by atoms with Gasteiger partial charge in [-0.2, -0.15) is 0 Å². The Morgan fingerprint density at radius 3 is 2.83 bits per heavy atom. The van der Waals surface area contributed by atoms with Gasteiger partial charge < -0.3 is 14.8 Å². The molecule has 1 aliphatic heterocycles. The van der Waals surface area contributed by atoms with Crippen molar-refractivity contribution >= 4 is 33.1 Å². The number of thiazole rings is 1. The second-order valence-corrected chi connectivity index (χ2v) is 6.57. The molecule has 0 fully saturated rings. The average molecular weight is 340 g/mol. The minimum atomic E-state index is -0.174. The number of carbonyl (C=O) groups is 1. The van der Waals surface area contributed by atoms with Gasteiger partial charge in [0, 0.05) is 11.3 Å². The number of aromatic nitrogens is 1. The van der Waals surface area contributed by atoms with E-state index in [-0.39, 0.29) is 5.91 Å². The van der Waals surface area contributed by atoms with Crippen LogP contribution >= 0.6 is 11.3 Å². The number of nitrogens with one attached hydrogen (secondary N) is 1. The number of carbonyl (C=O) groups excluding carboxylic acids is 1. The van der Waals surface area contributed by atoms with Crippen molar-refractivity contribution < 1.29 is 14.3 Å². The van der Waals surface area contributed by atoms with Crippen LogP contribution in [0.25, 0.3) is 10.2 Å². The van der Waals surface area contributed by atoms with Crippen LogP contribution in [-0.2, 0) is 6.42 Å². The Labute approximate surface area is 143 Å². The van der Waals surface area contributed by atoms with Crippen LogP contribution < -0.4 is 14.8 Å². The Balaban J connectivity index is 1.57. The number of fused-ring (bicyclic) bond motifs is 2. The molecule has 6 heteroatoms. The quantitative estimate of drug-likeness (QED) is 0.786. The highest BCUT2D eigenvalue weighted by molar-refractivity contribution is 7.18. The Bertz CT molecular complexity index is 920. The van der Waals surface area contributed by atoms with E-state index in [1.165, 1.54) is 0 Å². The van der Waals surface area contributed by atoms with Crippen LogP contribution in [0.4, 0.5) is 5.69 Å². The average Bonchev–Trinajstić information content (AvgIpc) is 3.03. The summed E-state index contributed by atoms with van der Waals surface area (Å²) in [5.41, 5.74) is 2.26. The van der Waals surface area contributed by atoms with Crippen molar-refractivity contribution in [3.63, 3.8) is 0 Å². The van der Waals surface area contributed by atoms with Crippen molar-refractivity contribution in [3.05, 3.63) is 47.0 Å². The van der Waals surface area contributed by atoms with Crippen LogP contribution in [0.15, 0.2) is 36.4 Å². The molecule has 0 saturated carbocycles. The van der Waals surface area contributed by atoms with Crippen molar-refractivity contribution in [3.8, 4) is 11.5 Å². The molecule has 0 atom stereocenters. The van der Waals surface area contributed by atoms with E-state index in [4.69, 9.17) is 9.47 Å². The fourth-order valence-electron chi connectivity index (χ4n) is 2.59. The summed E-state index contributed by atoms with van der Waals surface area (Å²) < 4.78 is 12.1. The maximum Gasteiger partial charge on any atom is 0.255 e. The Morgan fingerprint density at radius 2 is 2.00 bits per heavy atom. The minimum Gasteiger partial charge on any atom is -0.486 e. The lowest BCUT2D eigenvalue weighted by Crippen LogP contribution is -2.17. The summed E-state index contributed by atoms with van der Waals surface area (Å²) >= 11 is 1.65. The Hall–Kier alpha value is -2.60. The minimum absolute atomic E-state index is 0.174. The van der Waals surface area contributed by atoms with Gasteiger partial charge in [0.15, 0.2) is 11.5 Å². The smallest absolute Gasteiger partial charge is 0.255 e. The van der Waals surface area contributed by atoms with E-state index in [1.807, 2.05) is 18.2 Å². The maximum atomic E-state index is 12.5. The van der Waals surface area contributed by atoms with Crippen molar-refractivity contribution in [1.82, 2.24) is 4.98 Å². The number of rotatable bonds is 3. The summed E-state index contributed by atoms with van der Waals surface area (Å²) in [5, 5.41) is 4.03. The van der Waals surface area contributed by atoms with E-state index in [9.17, 15) is 4.79 Å². The van der Waals surface area contributed by atoms with Gasteiger partial charge in [0.05, 0.1) is 15.2 Å². The molecule has 4 rings (SSSR count). The number of amides is 1. The molecule has 1 amide bonds. The topological polar surface area (TPSA) is 60.5 Å². The van der Waals surface area contributed by atoms with E-state index < -0.39 is 0 Å². The van der Waals surface area contributed by atoms with Gasteiger partial charge >= 0.3 is 0 Å². The molecule has 3 aromatic rings. The second-order valence-electron chi connectivity index (χ2n) is 5.46. The summed E-state index contributed by atoms with van der Waals surface area (Å²) in [4.78, 5) is 17.0. The van der Waals surface area contributed by atoms with Crippen LogP contribution in [0.3, 0.4) is 0 Å². The summed E-state index contributed by atoms with van der Waals surface area (Å²) in [5.74, 6) is 1.11. The second kappa shape index (κ2) is 6.13. The molecular formula is C18H16N2O3S. The lowest BCUT2D eigenvalue weighted by Gasteiger charge is -2.18. The van der Waals surface area contributed by atoms with Crippen molar-refractivity contribution in [2.45, 2.75) is 13.3 Å². The van der Waals surface area contributed by atoms with E-state index in [0.717, 1.165) is 27.3 Å². The SMILES string of the molecule is CCc1nc2ccc(NC(=O)c3ccc4c(c3)OCCO4)cc2s1. The predicted molar refractivity (Wildman–Crippen MR) is 94.4 cm³/mol. The monoisotopic (exact) mass is 340 g/mol. The van der Waals surface area contributed by atoms with Gasteiger partial charge in [0.25, 0.3) is 5.91 Å². The van der Waals surface area contributed by atoms with Gasteiger partial charge in [0.1, 0.15) is 13.2 Å². The fraction of sp³-hybridized carbons (Fsp3) is 0.222. The highest BCUT2D eigenvalue weighted by Crippen LogP contribution is 2.31. The zero-order chi connectivity index (χ0) is 16.5. The van der Waals surface area contributed by atoms with E-state index in [0.29, 0.717) is 30.3 Å². The molecule has 2 heterocycles. The molecule has 0 saturated heterocycles. The third kappa shape index (κ3) is 2.80. The normalized spacial score (nSPS) is 13.0. The molecule has 2 aromatic carbocycles. The van der Waals surface area contributed by atoms with Crippen LogP contribution in [0.5, 0.6) is 11.5 Å². The molecule has 0 aliphatic carbocycles. The Morgan fingerprint density at radius 1 is 1.17 bits per heavy atom. The third-order valence-corrected chi connectivity index (χ3v) is 4.96. The lowest BCUT2D eigenvalue weighted by molar-refractivity contribution is 0.102. The predicted octanol–water partition coefficient (Wildman–Crippen LogP) is 3.88. The molecule has 1 aliphatic rings. The van der Waals surface area contributed by atoms with Crippen molar-refractivity contribution in [1.29, 1.82) is 0 Å². The Kier molecular flexibility index (Phi) is 3.82. The van der Waals surface area contributed by atoms with Crippen LogP contribution in [-0.4, -0.2) is 24.1 Å². The molecule has 0 unspecified atom stereocenters. The fourth-order valence-corrected chi connectivity index (χ4v) is 3.54. The number of hydrogen-bond acceptors (Lipinski definition) is 5. The molecule has 0 spiro atoms. The van der Waals surface area contributed by atoms with Crippen LogP contribution in [0, 0.1) is 0 Å².